The first-order valence-electron chi connectivity index (χ1n) is 7.84. The second-order valence-corrected chi connectivity index (χ2v) is 7.39. The number of hydrogen-bond donors (Lipinski definition) is 1. The highest BCUT2D eigenvalue weighted by Gasteiger charge is 2.57. The molecule has 0 amide bonds. The average Bonchev–Trinajstić information content (AvgIpc) is 2.25. The summed E-state index contributed by atoms with van der Waals surface area (Å²) in [5, 5.41) is 3.69. The van der Waals surface area contributed by atoms with Crippen LogP contribution < -0.4 is 5.32 Å². The van der Waals surface area contributed by atoms with Crippen molar-refractivity contribution in [2.75, 3.05) is 6.54 Å². The van der Waals surface area contributed by atoms with Gasteiger partial charge in [0, 0.05) is 18.0 Å². The summed E-state index contributed by atoms with van der Waals surface area (Å²) >= 11 is 0. The minimum atomic E-state index is 0.413. The Hall–Kier alpha value is -0.820. The van der Waals surface area contributed by atoms with Crippen molar-refractivity contribution >= 4 is 0 Å². The van der Waals surface area contributed by atoms with Crippen molar-refractivity contribution in [3.63, 3.8) is 0 Å². The Kier molecular flexibility index (Phi) is 3.21. The van der Waals surface area contributed by atoms with E-state index in [0.29, 0.717) is 11.5 Å². The molecule has 1 spiro atoms. The highest BCUT2D eigenvalue weighted by Crippen LogP contribution is 2.64. The van der Waals surface area contributed by atoms with Crippen LogP contribution in [0.15, 0.2) is 24.3 Å². The van der Waals surface area contributed by atoms with E-state index in [4.69, 9.17) is 0 Å². The SMILES string of the molecule is Cc1cccc(C2(CNC(C)C)CC3(CCC3)C2)c1. The van der Waals surface area contributed by atoms with Gasteiger partial charge in [-0.15, -0.1) is 0 Å². The predicted octanol–water partition coefficient (Wildman–Crippen LogP) is 4.19. The zero-order valence-corrected chi connectivity index (χ0v) is 12.6. The monoisotopic (exact) mass is 257 g/mol. The number of hydrogen-bond acceptors (Lipinski definition) is 1. The minimum Gasteiger partial charge on any atom is -0.314 e. The van der Waals surface area contributed by atoms with E-state index in [2.05, 4.69) is 50.4 Å². The Morgan fingerprint density at radius 1 is 1.21 bits per heavy atom. The van der Waals surface area contributed by atoms with Gasteiger partial charge in [0.1, 0.15) is 0 Å². The molecule has 0 aliphatic heterocycles. The van der Waals surface area contributed by atoms with Gasteiger partial charge in [-0.25, -0.2) is 0 Å². The fourth-order valence-corrected chi connectivity index (χ4v) is 4.22. The molecule has 0 unspecified atom stereocenters. The van der Waals surface area contributed by atoms with E-state index >= 15 is 0 Å². The number of aryl methyl sites for hydroxylation is 1. The van der Waals surface area contributed by atoms with Crippen molar-refractivity contribution in [1.29, 1.82) is 0 Å². The molecule has 104 valence electrons. The van der Waals surface area contributed by atoms with E-state index in [0.717, 1.165) is 12.0 Å². The molecule has 1 N–H and O–H groups in total. The standard InChI is InChI=1S/C18H27N/c1-14(2)19-13-18(11-17(12-18)8-5-9-17)16-7-4-6-15(3)10-16/h4,6-7,10,14,19H,5,8-9,11-13H2,1-3H3. The summed E-state index contributed by atoms with van der Waals surface area (Å²) in [5.41, 5.74) is 4.10. The predicted molar refractivity (Wildman–Crippen MR) is 81.5 cm³/mol. The molecule has 0 aromatic heterocycles. The molecule has 1 aromatic carbocycles. The van der Waals surface area contributed by atoms with Gasteiger partial charge >= 0.3 is 0 Å². The first-order chi connectivity index (χ1) is 9.04. The van der Waals surface area contributed by atoms with Gasteiger partial charge in [0.15, 0.2) is 0 Å². The minimum absolute atomic E-state index is 0.413. The lowest BCUT2D eigenvalue weighted by Gasteiger charge is -2.62. The molecule has 2 fully saturated rings. The van der Waals surface area contributed by atoms with Gasteiger partial charge in [0.2, 0.25) is 0 Å². The fourth-order valence-electron chi connectivity index (χ4n) is 4.22. The second-order valence-electron chi connectivity index (χ2n) is 7.39. The second kappa shape index (κ2) is 4.63. The van der Waals surface area contributed by atoms with Crippen LogP contribution in [0.5, 0.6) is 0 Å². The normalized spacial score (nSPS) is 23.2. The topological polar surface area (TPSA) is 12.0 Å². The van der Waals surface area contributed by atoms with Crippen molar-refractivity contribution in [2.45, 2.75) is 64.3 Å². The Morgan fingerprint density at radius 3 is 2.47 bits per heavy atom. The maximum absolute atomic E-state index is 3.69. The quantitative estimate of drug-likeness (QED) is 0.852. The fraction of sp³-hybridized carbons (Fsp3) is 0.667. The molecule has 0 bridgehead atoms. The van der Waals surface area contributed by atoms with Gasteiger partial charge in [-0.05, 0) is 43.6 Å². The summed E-state index contributed by atoms with van der Waals surface area (Å²) < 4.78 is 0. The molecule has 3 rings (SSSR count). The molecule has 2 saturated carbocycles. The van der Waals surface area contributed by atoms with Gasteiger partial charge < -0.3 is 5.32 Å². The summed E-state index contributed by atoms with van der Waals surface area (Å²) in [5.74, 6) is 0. The average molecular weight is 257 g/mol. The van der Waals surface area contributed by atoms with Crippen molar-refractivity contribution in [3.05, 3.63) is 35.4 Å². The van der Waals surface area contributed by atoms with Gasteiger partial charge in [-0.1, -0.05) is 50.1 Å². The highest BCUT2D eigenvalue weighted by atomic mass is 14.9. The summed E-state index contributed by atoms with van der Waals surface area (Å²) in [4.78, 5) is 0. The van der Waals surface area contributed by atoms with Crippen LogP contribution in [0.1, 0.15) is 57.1 Å². The molecule has 1 aromatic rings. The lowest BCUT2D eigenvalue weighted by atomic mass is 9.43. The van der Waals surface area contributed by atoms with Crippen LogP contribution in [0.3, 0.4) is 0 Å². The largest absolute Gasteiger partial charge is 0.314 e. The van der Waals surface area contributed by atoms with Crippen LogP contribution in [0.2, 0.25) is 0 Å². The summed E-state index contributed by atoms with van der Waals surface area (Å²) in [6.07, 6.45) is 7.22. The molecule has 1 nitrogen and oxygen atoms in total. The Balaban J connectivity index is 1.81. The lowest BCUT2D eigenvalue weighted by molar-refractivity contribution is -0.0489. The van der Waals surface area contributed by atoms with Gasteiger partial charge in [0.25, 0.3) is 0 Å². The number of benzene rings is 1. The van der Waals surface area contributed by atoms with Gasteiger partial charge in [-0.3, -0.25) is 0 Å². The van der Waals surface area contributed by atoms with Crippen LogP contribution in [0.25, 0.3) is 0 Å². The zero-order chi connectivity index (χ0) is 13.5. The number of nitrogens with one attached hydrogen (secondary N) is 1. The van der Waals surface area contributed by atoms with Crippen molar-refractivity contribution < 1.29 is 0 Å². The summed E-state index contributed by atoms with van der Waals surface area (Å²) in [7, 11) is 0. The number of rotatable bonds is 4. The molecular weight excluding hydrogens is 230 g/mol. The van der Waals surface area contributed by atoms with Crippen LogP contribution in [-0.2, 0) is 5.41 Å². The van der Waals surface area contributed by atoms with Gasteiger partial charge in [0.05, 0.1) is 0 Å². The first kappa shape index (κ1) is 13.2. The molecule has 2 aliphatic rings. The summed E-state index contributed by atoms with van der Waals surface area (Å²) in [6, 6.07) is 9.78. The molecule has 19 heavy (non-hydrogen) atoms. The summed E-state index contributed by atoms with van der Waals surface area (Å²) in [6.45, 7) is 7.87. The molecule has 0 saturated heterocycles. The van der Waals surface area contributed by atoms with E-state index in [9.17, 15) is 0 Å². The maximum atomic E-state index is 3.69. The molecular formula is C18H27N. The van der Waals surface area contributed by atoms with E-state index < -0.39 is 0 Å². The third-order valence-electron chi connectivity index (χ3n) is 5.32. The Bertz CT molecular complexity index is 449. The van der Waals surface area contributed by atoms with E-state index in [1.165, 1.54) is 37.7 Å². The van der Waals surface area contributed by atoms with Crippen molar-refractivity contribution in [2.24, 2.45) is 5.41 Å². The maximum Gasteiger partial charge on any atom is 0.00885 e. The third-order valence-corrected chi connectivity index (χ3v) is 5.32. The smallest absolute Gasteiger partial charge is 0.00885 e. The molecule has 2 aliphatic carbocycles. The molecule has 0 atom stereocenters. The Morgan fingerprint density at radius 2 is 1.95 bits per heavy atom. The lowest BCUT2D eigenvalue weighted by Crippen LogP contribution is -2.58. The first-order valence-corrected chi connectivity index (χ1v) is 7.84. The van der Waals surface area contributed by atoms with Crippen LogP contribution in [0, 0.1) is 12.3 Å². The molecule has 1 heteroatoms. The van der Waals surface area contributed by atoms with E-state index in [1.54, 1.807) is 5.56 Å². The molecule has 0 radical (unpaired) electrons. The van der Waals surface area contributed by atoms with E-state index in [1.807, 2.05) is 0 Å². The zero-order valence-electron chi connectivity index (χ0n) is 12.6. The van der Waals surface area contributed by atoms with Crippen molar-refractivity contribution in [3.8, 4) is 0 Å². The van der Waals surface area contributed by atoms with Gasteiger partial charge in [-0.2, -0.15) is 0 Å². The highest BCUT2D eigenvalue weighted by molar-refractivity contribution is 5.35. The van der Waals surface area contributed by atoms with Crippen molar-refractivity contribution in [1.82, 2.24) is 5.32 Å². The Labute approximate surface area is 117 Å². The third kappa shape index (κ3) is 2.33. The van der Waals surface area contributed by atoms with Crippen LogP contribution in [-0.4, -0.2) is 12.6 Å². The molecule has 0 heterocycles. The van der Waals surface area contributed by atoms with E-state index in [-0.39, 0.29) is 0 Å². The van der Waals surface area contributed by atoms with Crippen LogP contribution in [0.4, 0.5) is 0 Å². The van der Waals surface area contributed by atoms with Crippen LogP contribution >= 0.6 is 0 Å².